The van der Waals surface area contributed by atoms with E-state index in [1.165, 1.54) is 12.1 Å². The third-order valence-corrected chi connectivity index (χ3v) is 2.97. The Hall–Kier alpha value is -1.43. The molecule has 0 fully saturated rings. The first kappa shape index (κ1) is 13.0. The molecule has 18 heavy (non-hydrogen) atoms. The quantitative estimate of drug-likeness (QED) is 0.658. The minimum atomic E-state index is -0.340. The fourth-order valence-corrected chi connectivity index (χ4v) is 2.03. The Labute approximate surface area is 110 Å². The Morgan fingerprint density at radius 2 is 2.33 bits per heavy atom. The summed E-state index contributed by atoms with van der Waals surface area (Å²) in [5.74, 6) is 5.16. The van der Waals surface area contributed by atoms with E-state index in [-0.39, 0.29) is 11.9 Å². The van der Waals surface area contributed by atoms with Crippen molar-refractivity contribution in [3.05, 3.63) is 52.6 Å². The minimum Gasteiger partial charge on any atom is -0.276 e. The maximum atomic E-state index is 13.7. The number of aromatic nitrogens is 2. The molecule has 96 valence electrons. The first-order chi connectivity index (χ1) is 8.60. The van der Waals surface area contributed by atoms with Gasteiger partial charge < -0.3 is 0 Å². The molecule has 1 atom stereocenters. The molecule has 1 aromatic heterocycles. The Kier molecular flexibility index (Phi) is 3.96. The SMILES string of the molecule is Cn1cc(CC(NN)c2cc(Cl)ccc2F)cn1. The summed E-state index contributed by atoms with van der Waals surface area (Å²) < 4.78 is 15.4. The molecule has 3 N–H and O–H groups in total. The van der Waals surface area contributed by atoms with Crippen LogP contribution in [-0.2, 0) is 13.5 Å². The maximum absolute atomic E-state index is 13.7. The molecule has 4 nitrogen and oxygen atoms in total. The molecule has 6 heteroatoms. The Balaban J connectivity index is 2.25. The Morgan fingerprint density at radius 1 is 1.56 bits per heavy atom. The average molecular weight is 269 g/mol. The van der Waals surface area contributed by atoms with E-state index < -0.39 is 0 Å². The lowest BCUT2D eigenvalue weighted by Gasteiger charge is -2.16. The van der Waals surface area contributed by atoms with Crippen LogP contribution in [-0.4, -0.2) is 9.78 Å². The van der Waals surface area contributed by atoms with Crippen molar-refractivity contribution in [3.8, 4) is 0 Å². The topological polar surface area (TPSA) is 55.9 Å². The third-order valence-electron chi connectivity index (χ3n) is 2.73. The van der Waals surface area contributed by atoms with E-state index in [0.29, 0.717) is 17.0 Å². The van der Waals surface area contributed by atoms with Gasteiger partial charge in [0.25, 0.3) is 0 Å². The van der Waals surface area contributed by atoms with Crippen molar-refractivity contribution in [2.45, 2.75) is 12.5 Å². The zero-order valence-corrected chi connectivity index (χ0v) is 10.7. The summed E-state index contributed by atoms with van der Waals surface area (Å²) in [5.41, 5.74) is 4.03. The van der Waals surface area contributed by atoms with Crippen LogP contribution in [0.3, 0.4) is 0 Å². The first-order valence-corrected chi connectivity index (χ1v) is 5.86. The second kappa shape index (κ2) is 5.48. The molecule has 0 spiro atoms. The summed E-state index contributed by atoms with van der Waals surface area (Å²) in [5, 5.41) is 4.55. The Morgan fingerprint density at radius 3 is 2.94 bits per heavy atom. The van der Waals surface area contributed by atoms with Crippen molar-refractivity contribution in [3.63, 3.8) is 0 Å². The first-order valence-electron chi connectivity index (χ1n) is 5.48. The van der Waals surface area contributed by atoms with Gasteiger partial charge in [-0.25, -0.2) is 4.39 Å². The van der Waals surface area contributed by atoms with Crippen LogP contribution < -0.4 is 11.3 Å². The number of aryl methyl sites for hydroxylation is 1. The van der Waals surface area contributed by atoms with Crippen LogP contribution in [0, 0.1) is 5.82 Å². The highest BCUT2D eigenvalue weighted by molar-refractivity contribution is 6.30. The molecule has 1 aromatic carbocycles. The molecule has 0 bridgehead atoms. The van der Waals surface area contributed by atoms with E-state index in [2.05, 4.69) is 10.5 Å². The highest BCUT2D eigenvalue weighted by Crippen LogP contribution is 2.23. The standard InChI is InChI=1S/C12H14ClFN4/c1-18-7-8(6-16-18)4-12(17-15)10-5-9(13)2-3-11(10)14/h2-3,5-7,12,17H,4,15H2,1H3. The predicted molar refractivity (Wildman–Crippen MR) is 68.4 cm³/mol. The van der Waals surface area contributed by atoms with E-state index in [1.54, 1.807) is 16.9 Å². The molecule has 0 aliphatic rings. The van der Waals surface area contributed by atoms with Crippen molar-refractivity contribution in [2.75, 3.05) is 0 Å². The van der Waals surface area contributed by atoms with Crippen LogP contribution in [0.15, 0.2) is 30.6 Å². The van der Waals surface area contributed by atoms with Gasteiger partial charge >= 0.3 is 0 Å². The van der Waals surface area contributed by atoms with Gasteiger partial charge in [-0.15, -0.1) is 0 Å². The minimum absolute atomic E-state index is 0.328. The van der Waals surface area contributed by atoms with Crippen LogP contribution in [0.1, 0.15) is 17.2 Å². The molecule has 1 unspecified atom stereocenters. The number of hydrogen-bond acceptors (Lipinski definition) is 3. The van der Waals surface area contributed by atoms with Crippen LogP contribution in [0.4, 0.5) is 4.39 Å². The van der Waals surface area contributed by atoms with Crippen LogP contribution in [0.25, 0.3) is 0 Å². The number of nitrogens with zero attached hydrogens (tertiary/aromatic N) is 2. The van der Waals surface area contributed by atoms with Gasteiger partial charge in [0, 0.05) is 23.8 Å². The van der Waals surface area contributed by atoms with Gasteiger partial charge in [-0.2, -0.15) is 5.10 Å². The predicted octanol–water partition coefficient (Wildman–Crippen LogP) is 1.96. The number of nitrogens with one attached hydrogen (secondary N) is 1. The highest BCUT2D eigenvalue weighted by atomic mass is 35.5. The number of halogens is 2. The normalized spacial score (nSPS) is 12.7. The zero-order chi connectivity index (χ0) is 13.1. The lowest BCUT2D eigenvalue weighted by molar-refractivity contribution is 0.510. The lowest BCUT2D eigenvalue weighted by atomic mass is 10.0. The summed E-state index contributed by atoms with van der Waals surface area (Å²) in [7, 11) is 1.83. The largest absolute Gasteiger partial charge is 0.276 e. The van der Waals surface area contributed by atoms with Crippen molar-refractivity contribution in [2.24, 2.45) is 12.9 Å². The molecule has 2 rings (SSSR count). The van der Waals surface area contributed by atoms with Crippen molar-refractivity contribution < 1.29 is 4.39 Å². The molecule has 0 aliphatic carbocycles. The molecule has 0 saturated heterocycles. The van der Waals surface area contributed by atoms with Crippen LogP contribution in [0.5, 0.6) is 0 Å². The molecule has 0 saturated carbocycles. The smallest absolute Gasteiger partial charge is 0.128 e. The second-order valence-electron chi connectivity index (χ2n) is 4.11. The van der Waals surface area contributed by atoms with Crippen molar-refractivity contribution in [1.29, 1.82) is 0 Å². The number of rotatable bonds is 4. The van der Waals surface area contributed by atoms with E-state index in [9.17, 15) is 4.39 Å². The number of hydrazine groups is 1. The number of nitrogens with two attached hydrogens (primary N) is 1. The monoisotopic (exact) mass is 268 g/mol. The van der Waals surface area contributed by atoms with Gasteiger partial charge in [0.2, 0.25) is 0 Å². The van der Waals surface area contributed by atoms with E-state index in [0.717, 1.165) is 5.56 Å². The van der Waals surface area contributed by atoms with Crippen LogP contribution >= 0.6 is 11.6 Å². The highest BCUT2D eigenvalue weighted by Gasteiger charge is 2.16. The summed E-state index contributed by atoms with van der Waals surface area (Å²) in [6, 6.07) is 4.09. The van der Waals surface area contributed by atoms with Gasteiger partial charge in [0.1, 0.15) is 5.82 Å². The van der Waals surface area contributed by atoms with Gasteiger partial charge in [-0.1, -0.05) is 11.6 Å². The van der Waals surface area contributed by atoms with Gasteiger partial charge in [-0.05, 0) is 30.2 Å². The number of hydrogen-bond donors (Lipinski definition) is 2. The van der Waals surface area contributed by atoms with Crippen molar-refractivity contribution >= 4 is 11.6 Å². The molecule has 2 aromatic rings. The second-order valence-corrected chi connectivity index (χ2v) is 4.55. The molecule has 0 amide bonds. The summed E-state index contributed by atoms with van der Waals surface area (Å²) in [6.45, 7) is 0. The van der Waals surface area contributed by atoms with E-state index in [1.807, 2.05) is 13.2 Å². The zero-order valence-electron chi connectivity index (χ0n) is 9.90. The molecular weight excluding hydrogens is 255 g/mol. The summed E-state index contributed by atoms with van der Waals surface area (Å²) >= 11 is 5.87. The number of benzene rings is 1. The average Bonchev–Trinajstić information content (AvgIpc) is 2.75. The summed E-state index contributed by atoms with van der Waals surface area (Å²) in [4.78, 5) is 0. The lowest BCUT2D eigenvalue weighted by Crippen LogP contribution is -2.30. The van der Waals surface area contributed by atoms with Crippen molar-refractivity contribution in [1.82, 2.24) is 15.2 Å². The maximum Gasteiger partial charge on any atom is 0.128 e. The summed E-state index contributed by atoms with van der Waals surface area (Å²) in [6.07, 6.45) is 4.14. The van der Waals surface area contributed by atoms with E-state index >= 15 is 0 Å². The molecule has 1 heterocycles. The third kappa shape index (κ3) is 2.87. The van der Waals surface area contributed by atoms with E-state index in [4.69, 9.17) is 17.4 Å². The molecule has 0 aliphatic heterocycles. The molecule has 0 radical (unpaired) electrons. The fourth-order valence-electron chi connectivity index (χ4n) is 1.85. The fraction of sp³-hybridized carbons (Fsp3) is 0.250. The van der Waals surface area contributed by atoms with Gasteiger partial charge in [-0.3, -0.25) is 16.0 Å². The molecular formula is C12H14ClFN4. The Bertz CT molecular complexity index is 541. The van der Waals surface area contributed by atoms with Gasteiger partial charge in [0.05, 0.1) is 12.2 Å². The van der Waals surface area contributed by atoms with Crippen LogP contribution in [0.2, 0.25) is 5.02 Å². The van der Waals surface area contributed by atoms with Gasteiger partial charge in [0.15, 0.2) is 0 Å².